The monoisotopic (exact) mass is 2520 g/mol. The maximum Gasteiger partial charge on any atom is 2.00 e. The minimum absolute atomic E-state index is 0. The van der Waals surface area contributed by atoms with Gasteiger partial charge in [0, 0.05) is 118 Å². The van der Waals surface area contributed by atoms with Gasteiger partial charge in [0.15, 0.2) is 0 Å². The van der Waals surface area contributed by atoms with Gasteiger partial charge in [-0.2, -0.15) is 119 Å². The van der Waals surface area contributed by atoms with Gasteiger partial charge in [-0.25, -0.2) is 64.4 Å². The molecule has 0 radical (unpaired) electrons. The number of nitrogens with zero attached hydrogens (tertiary/aromatic N) is 8. The predicted octanol–water partition coefficient (Wildman–Crippen LogP) is 18.6. The van der Waals surface area contributed by atoms with E-state index in [1.807, 2.05) is 193 Å². The number of aryl methyl sites for hydroxylation is 8. The van der Waals surface area contributed by atoms with Gasteiger partial charge in [-0.15, -0.1) is 95.1 Å². The normalized spacial score (nSPS) is 11.4. The number of pyridine rings is 8. The molecule has 140 heavy (non-hydrogen) atoms. The molecule has 24 rings (SSSR count). The van der Waals surface area contributed by atoms with Crippen LogP contribution in [0.15, 0.2) is 365 Å². The summed E-state index contributed by atoms with van der Waals surface area (Å²) < 4.78 is 24.0. The Morgan fingerprint density at radius 2 is 0.571 bits per heavy atom. The Balaban J connectivity index is 0.000000128. The van der Waals surface area contributed by atoms with Crippen molar-refractivity contribution in [1.29, 1.82) is 0 Å². The van der Waals surface area contributed by atoms with Gasteiger partial charge in [-0.05, 0) is 149 Å². The molecule has 680 valence electrons. The van der Waals surface area contributed by atoms with E-state index in [9.17, 15) is 0 Å². The average molecular weight is 2530 g/mol. The molecular weight excluding hydrogens is 2440 g/mol. The van der Waals surface area contributed by atoms with Crippen molar-refractivity contribution in [3.8, 4) is 136 Å². The molecule has 8 aromatic heterocycles. The van der Waals surface area contributed by atoms with E-state index in [0.717, 1.165) is 122 Å². The topological polar surface area (TPSA) is 140 Å². The molecule has 0 unspecified atom stereocenters. The third-order valence-corrected chi connectivity index (χ3v) is 25.0. The molecule has 0 bridgehead atoms. The van der Waals surface area contributed by atoms with Crippen LogP contribution >= 0.6 is 0 Å². The summed E-state index contributed by atoms with van der Waals surface area (Å²) in [5.74, 6) is 4.80. The molecule has 12 heterocycles. The van der Waals surface area contributed by atoms with Crippen LogP contribution in [-0.4, -0.2) is 66.7 Å². The number of ether oxygens (including phenoxy) is 4. The number of benzene rings is 12. The molecule has 0 amide bonds. The molecule has 0 saturated heterocycles. The fourth-order valence-corrected chi connectivity index (χ4v) is 18.6. The zero-order chi connectivity index (χ0) is 92.3. The third kappa shape index (κ3) is 20.9. The van der Waals surface area contributed by atoms with Crippen molar-refractivity contribution in [1.82, 2.24) is 39.9 Å². The summed E-state index contributed by atoms with van der Waals surface area (Å²) in [6, 6.07) is 138. The van der Waals surface area contributed by atoms with Crippen molar-refractivity contribution >= 4 is 92.9 Å². The van der Waals surface area contributed by atoms with Crippen LogP contribution in [0.4, 0.5) is 0 Å². The number of fused-ring (bicyclic) bond motifs is 12. The second kappa shape index (κ2) is 43.6. The van der Waals surface area contributed by atoms with E-state index in [0.29, 0.717) is 46.5 Å². The van der Waals surface area contributed by atoms with Gasteiger partial charge in [-0.3, -0.25) is 19.9 Å². The van der Waals surface area contributed by atoms with Gasteiger partial charge in [0.1, 0.15) is 0 Å². The van der Waals surface area contributed by atoms with Gasteiger partial charge < -0.3 is 18.9 Å². The smallest absolute Gasteiger partial charge is 0.460 e. The number of rotatable bonds is 16. The molecule has 12 aromatic carbocycles. The van der Waals surface area contributed by atoms with Gasteiger partial charge in [-0.1, -0.05) is 165 Å². The van der Waals surface area contributed by atoms with Crippen LogP contribution in [0.2, 0.25) is 0 Å². The molecule has 0 aliphatic carbocycles. The van der Waals surface area contributed by atoms with Crippen LogP contribution in [0.3, 0.4) is 0 Å². The van der Waals surface area contributed by atoms with Crippen LogP contribution in [0.1, 0.15) is 44.6 Å². The zero-order valence-corrected chi connectivity index (χ0v) is 86.5. The summed E-state index contributed by atoms with van der Waals surface area (Å²) in [6.07, 6.45) is 12.7. The number of hydrogen-bond donors (Lipinski definition) is 0. The van der Waals surface area contributed by atoms with Crippen molar-refractivity contribution in [3.63, 3.8) is 0 Å². The maximum atomic E-state index is 6.03. The van der Waals surface area contributed by atoms with E-state index in [2.05, 4.69) is 271 Å². The standard InChI is InChI=1S/4C30H21BN2O.4Pt/c1-20-14-16-32-29(17-20)34-24-9-5-8-22(18-24)23-12-13-26-25-10-3-4-11-27(25)31(28(26)19-23)30-21(2)7-6-15-33-30;1-20-14-16-32-29(17-20)31-27-11-4-3-10-25(27)26-13-12-23(19-28(26)31)22-8-5-9-24(18-22)34-30-21(2)7-6-15-33-30;1-20-15-16-32-30(17-20)34-24-9-6-8-22(18-24)23-13-14-26-25-10-3-4-11-27(25)31(28(26)19-23)29-12-5-7-21(2)33-29;1-20-14-15-32-30(16-20)34-24-7-5-6-22(17-24)23-11-12-26-25-8-3-4-9-27(25)31(28(26)18-23)29-13-10-21(2)19-33-29;;;;/h3*3-17H,1-2H3;3-16,19H,1-2H3;;;;/q4*-2;4*+2. The van der Waals surface area contributed by atoms with Crippen molar-refractivity contribution in [3.05, 3.63) is 458 Å². The van der Waals surface area contributed by atoms with E-state index < -0.39 is 0 Å². The first-order chi connectivity index (χ1) is 66.6. The Hall–Kier alpha value is -13.9. The summed E-state index contributed by atoms with van der Waals surface area (Å²) in [4.78, 5) is 36.4. The summed E-state index contributed by atoms with van der Waals surface area (Å²) in [6.45, 7) is 16.6. The van der Waals surface area contributed by atoms with Gasteiger partial charge in [0.2, 0.25) is 50.4 Å². The maximum absolute atomic E-state index is 6.03. The molecule has 12 nitrogen and oxygen atoms in total. The van der Waals surface area contributed by atoms with Crippen LogP contribution in [0, 0.1) is 104 Å². The first-order valence-electron chi connectivity index (χ1n) is 45.5. The first-order valence-corrected chi connectivity index (χ1v) is 45.5. The third-order valence-electron chi connectivity index (χ3n) is 25.0. The average Bonchev–Trinajstić information content (AvgIpc) is 1.61. The summed E-state index contributed by atoms with van der Waals surface area (Å²) >= 11 is 0. The molecule has 4 aliphatic rings. The second-order valence-corrected chi connectivity index (χ2v) is 34.6. The molecule has 20 heteroatoms. The van der Waals surface area contributed by atoms with E-state index in [-0.39, 0.29) is 111 Å². The zero-order valence-electron chi connectivity index (χ0n) is 77.4. The molecule has 0 fully saturated rings. The molecule has 4 aliphatic heterocycles. The minimum Gasteiger partial charge on any atom is -0.460 e. The molecule has 20 aromatic rings. The van der Waals surface area contributed by atoms with Gasteiger partial charge in [0.25, 0.3) is 0 Å². The van der Waals surface area contributed by atoms with Crippen molar-refractivity contribution in [2.75, 3.05) is 0 Å². The summed E-state index contributed by atoms with van der Waals surface area (Å²) in [7, 11) is 0. The molecule has 0 saturated carbocycles. The number of aromatic nitrogens is 8. The Labute approximate surface area is 876 Å². The Bertz CT molecular complexity index is 7970. The van der Waals surface area contributed by atoms with E-state index in [1.165, 1.54) is 77.5 Å². The molecule has 0 spiro atoms. The predicted molar refractivity (Wildman–Crippen MR) is 551 cm³/mol. The summed E-state index contributed by atoms with van der Waals surface area (Å²) in [5, 5.41) is 0. The van der Waals surface area contributed by atoms with Crippen molar-refractivity contribution in [2.45, 2.75) is 55.4 Å². The van der Waals surface area contributed by atoms with E-state index in [4.69, 9.17) is 38.9 Å². The Kier molecular flexibility index (Phi) is 30.4. The SMILES string of the molecule is Cc1ccc(B2c3[c-]c(-c4[c-]c(Oc5cc(C)ccn5)ccc4)ccc3-c3ccccc32)nc1.Cc1ccnc(B2c3[c-]c(-c4[c-]c(Oc5ncccc5C)ccc4)ccc3-c3ccccc32)c1.Cc1ccnc(Oc2[c-]c(-c3[c-]c4c(cc3)-c3ccccc3B4c3cccc(C)n3)ccc2)c1.Cc1ccnc(Oc2[c-]c(-c3[c-]c4c(cc3)-c3ccccc3B4c3ncccc3C)ccc2)c1.[Pt+2].[Pt+2].[Pt+2].[Pt+2]. The number of hydrogen-bond acceptors (Lipinski definition) is 12. The van der Waals surface area contributed by atoms with Gasteiger partial charge >= 0.3 is 84.3 Å². The minimum atomic E-state index is 0. The quantitative estimate of drug-likeness (QED) is 0.0672. The Morgan fingerprint density at radius 1 is 0.221 bits per heavy atom. The van der Waals surface area contributed by atoms with Crippen LogP contribution in [0.5, 0.6) is 46.5 Å². The fourth-order valence-electron chi connectivity index (χ4n) is 18.6. The van der Waals surface area contributed by atoms with Crippen LogP contribution < -0.4 is 85.0 Å². The van der Waals surface area contributed by atoms with Gasteiger partial charge in [0.05, 0.1) is 0 Å². The molecule has 0 atom stereocenters. The summed E-state index contributed by atoms with van der Waals surface area (Å²) in [5.41, 5.74) is 40.2. The van der Waals surface area contributed by atoms with Crippen LogP contribution in [-0.2, 0) is 84.3 Å². The van der Waals surface area contributed by atoms with Crippen LogP contribution in [0.25, 0.3) is 89.0 Å². The van der Waals surface area contributed by atoms with E-state index >= 15 is 0 Å². The fraction of sp³-hybridized carbons (Fsp3) is 0.0667. The van der Waals surface area contributed by atoms with E-state index in [1.54, 1.807) is 24.8 Å². The van der Waals surface area contributed by atoms with Crippen molar-refractivity contribution < 1.29 is 103 Å². The first kappa shape index (κ1) is 97.7. The largest absolute Gasteiger partial charge is 2.00 e. The second-order valence-electron chi connectivity index (χ2n) is 34.6. The molecular formula is C120H84B4N8O4Pt4. The van der Waals surface area contributed by atoms with Crippen molar-refractivity contribution in [2.24, 2.45) is 0 Å². The Morgan fingerprint density at radius 3 is 0.957 bits per heavy atom. The molecule has 0 N–H and O–H groups in total.